The van der Waals surface area contributed by atoms with Gasteiger partial charge in [0.25, 0.3) is 0 Å². The van der Waals surface area contributed by atoms with Gasteiger partial charge in [-0.15, -0.1) is 0 Å². The molecule has 1 rings (SSSR count). The second-order valence-corrected chi connectivity index (χ2v) is 10.3. The van der Waals surface area contributed by atoms with Gasteiger partial charge in [-0.3, -0.25) is 9.59 Å². The Hall–Kier alpha value is -1.34. The van der Waals surface area contributed by atoms with Gasteiger partial charge in [-0.25, -0.2) is 5.09 Å². The third kappa shape index (κ3) is 7.41. The Bertz CT molecular complexity index is 647. The van der Waals surface area contributed by atoms with E-state index in [2.05, 4.69) is 41.9 Å². The topological polar surface area (TPSA) is 95.1 Å². The van der Waals surface area contributed by atoms with Crippen LogP contribution in [-0.4, -0.2) is 57.8 Å². The van der Waals surface area contributed by atoms with Crippen molar-refractivity contribution in [1.29, 1.82) is 0 Å². The van der Waals surface area contributed by atoms with E-state index in [-0.39, 0.29) is 29.7 Å². The van der Waals surface area contributed by atoms with Gasteiger partial charge in [0.15, 0.2) is 7.49 Å². The standard InChI is InChI=1S/C21H39N2O6P/c1-9-16(10-2)18(20(25)27-7)23-30(8)28-14-12-21(4,5)19(29-30)15(3)22-13-11-17(24)26-6/h16,18-19,22-23H,3,8-14H2,1-2,4-7H3/t18?,19-,30?/m0/s1. The van der Waals surface area contributed by atoms with Crippen LogP contribution in [0.1, 0.15) is 53.4 Å². The van der Waals surface area contributed by atoms with Crippen molar-refractivity contribution in [2.45, 2.75) is 65.5 Å². The molecule has 0 aromatic carbocycles. The van der Waals surface area contributed by atoms with Crippen LogP contribution in [0.5, 0.6) is 0 Å². The maximum absolute atomic E-state index is 12.5. The molecule has 1 aliphatic rings. The Morgan fingerprint density at radius 1 is 1.23 bits per heavy atom. The molecule has 1 fully saturated rings. The van der Waals surface area contributed by atoms with Crippen LogP contribution in [0.2, 0.25) is 0 Å². The van der Waals surface area contributed by atoms with Crippen molar-refractivity contribution >= 4 is 25.7 Å². The fraction of sp³-hybridized carbons (Fsp3) is 0.762. The first-order valence-corrected chi connectivity index (χ1v) is 12.3. The molecule has 30 heavy (non-hydrogen) atoms. The summed E-state index contributed by atoms with van der Waals surface area (Å²) in [6.07, 6.45) is 6.36. The quantitative estimate of drug-likeness (QED) is 0.369. The molecule has 9 heteroatoms. The zero-order valence-corrected chi connectivity index (χ0v) is 20.2. The summed E-state index contributed by atoms with van der Waals surface area (Å²) in [5.74, 6) is -0.583. The van der Waals surface area contributed by atoms with Crippen molar-refractivity contribution in [2.24, 2.45) is 11.3 Å². The minimum absolute atomic E-state index is 0.0689. The SMILES string of the molecule is C=C(NCCC(=O)OC)[C@@H]1OP(=C)(NC(C(=O)OC)C(CC)CC)OCCC1(C)C. The van der Waals surface area contributed by atoms with Gasteiger partial charge in [0, 0.05) is 12.2 Å². The molecule has 2 unspecified atom stereocenters. The highest BCUT2D eigenvalue weighted by Crippen LogP contribution is 2.53. The van der Waals surface area contributed by atoms with E-state index in [1.165, 1.54) is 14.2 Å². The maximum Gasteiger partial charge on any atom is 0.323 e. The molecular formula is C21H39N2O6P. The van der Waals surface area contributed by atoms with Crippen LogP contribution < -0.4 is 10.4 Å². The van der Waals surface area contributed by atoms with Crippen LogP contribution in [0, 0.1) is 11.3 Å². The first-order valence-electron chi connectivity index (χ1n) is 10.4. The van der Waals surface area contributed by atoms with Crippen molar-refractivity contribution in [3.05, 3.63) is 12.3 Å². The van der Waals surface area contributed by atoms with Gasteiger partial charge in [0.05, 0.1) is 27.2 Å². The van der Waals surface area contributed by atoms with Crippen LogP contribution >= 0.6 is 7.49 Å². The summed E-state index contributed by atoms with van der Waals surface area (Å²) in [6.45, 7) is 13.2. The Morgan fingerprint density at radius 3 is 2.40 bits per heavy atom. The number of ether oxygens (including phenoxy) is 2. The lowest BCUT2D eigenvalue weighted by molar-refractivity contribution is -0.144. The number of nitrogens with one attached hydrogen (secondary N) is 2. The van der Waals surface area contributed by atoms with E-state index in [0.29, 0.717) is 18.8 Å². The molecule has 2 N–H and O–H groups in total. The predicted octanol–water partition coefficient (Wildman–Crippen LogP) is 3.25. The molecule has 1 aliphatic heterocycles. The fourth-order valence-electron chi connectivity index (χ4n) is 3.50. The lowest BCUT2D eigenvalue weighted by atomic mass is 9.82. The zero-order chi connectivity index (χ0) is 22.9. The van der Waals surface area contributed by atoms with Gasteiger partial charge in [-0.2, -0.15) is 0 Å². The normalized spacial score (nSPS) is 24.6. The highest BCUT2D eigenvalue weighted by atomic mass is 31.2. The summed E-state index contributed by atoms with van der Waals surface area (Å²) in [4.78, 5) is 23.9. The molecule has 0 bridgehead atoms. The minimum Gasteiger partial charge on any atom is -0.469 e. The van der Waals surface area contributed by atoms with E-state index in [9.17, 15) is 9.59 Å². The number of hydrogen-bond acceptors (Lipinski definition) is 8. The summed E-state index contributed by atoms with van der Waals surface area (Å²) >= 11 is 0. The fourth-order valence-corrected chi connectivity index (χ4v) is 5.58. The van der Waals surface area contributed by atoms with Crippen LogP contribution in [-0.2, 0) is 28.1 Å². The Morgan fingerprint density at radius 2 is 1.87 bits per heavy atom. The average Bonchev–Trinajstić information content (AvgIpc) is 2.82. The van der Waals surface area contributed by atoms with E-state index < -0.39 is 19.6 Å². The largest absolute Gasteiger partial charge is 0.469 e. The molecule has 8 nitrogen and oxygen atoms in total. The highest BCUT2D eigenvalue weighted by molar-refractivity contribution is 7.62. The number of rotatable bonds is 11. The lowest BCUT2D eigenvalue weighted by Gasteiger charge is -2.37. The van der Waals surface area contributed by atoms with Gasteiger partial charge in [-0.1, -0.05) is 47.1 Å². The smallest absolute Gasteiger partial charge is 0.323 e. The molecule has 0 aromatic rings. The van der Waals surface area contributed by atoms with Crippen LogP contribution in [0.3, 0.4) is 0 Å². The summed E-state index contributed by atoms with van der Waals surface area (Å²) in [7, 11) is -0.116. The zero-order valence-electron chi connectivity index (χ0n) is 19.3. The average molecular weight is 447 g/mol. The molecule has 0 aromatic heterocycles. The first-order chi connectivity index (χ1) is 14.0. The van der Waals surface area contributed by atoms with Gasteiger partial charge in [0.1, 0.15) is 12.1 Å². The monoisotopic (exact) mass is 446 g/mol. The molecule has 0 saturated carbocycles. The molecule has 0 radical (unpaired) electrons. The van der Waals surface area contributed by atoms with Crippen LogP contribution in [0.25, 0.3) is 0 Å². The van der Waals surface area contributed by atoms with Gasteiger partial charge < -0.3 is 23.8 Å². The molecule has 1 saturated heterocycles. The summed E-state index contributed by atoms with van der Waals surface area (Å²) in [6, 6.07) is -0.571. The number of carbonyl (C=O) groups excluding carboxylic acids is 2. The maximum atomic E-state index is 12.5. The van der Waals surface area contributed by atoms with Gasteiger partial charge in [-0.05, 0) is 24.1 Å². The van der Waals surface area contributed by atoms with E-state index in [1.807, 2.05) is 13.8 Å². The van der Waals surface area contributed by atoms with Crippen molar-refractivity contribution in [1.82, 2.24) is 10.4 Å². The number of carbonyl (C=O) groups is 2. The van der Waals surface area contributed by atoms with Crippen molar-refractivity contribution in [3.8, 4) is 0 Å². The number of hydrogen-bond donors (Lipinski definition) is 2. The van der Waals surface area contributed by atoms with E-state index in [0.717, 1.165) is 19.3 Å². The molecule has 3 atom stereocenters. The molecule has 0 aliphatic carbocycles. The lowest BCUT2D eigenvalue weighted by Crippen LogP contribution is -2.44. The first kappa shape index (κ1) is 26.7. The molecule has 174 valence electrons. The van der Waals surface area contributed by atoms with Gasteiger partial charge in [0.2, 0.25) is 0 Å². The summed E-state index contributed by atoms with van der Waals surface area (Å²) in [5.41, 5.74) is 0.355. The second kappa shape index (κ2) is 11.9. The van der Waals surface area contributed by atoms with Crippen molar-refractivity contribution < 1.29 is 28.1 Å². The summed E-state index contributed by atoms with van der Waals surface area (Å²) in [5, 5.41) is 6.43. The van der Waals surface area contributed by atoms with Crippen molar-refractivity contribution in [2.75, 3.05) is 27.4 Å². The Labute approximate surface area is 181 Å². The predicted molar refractivity (Wildman–Crippen MR) is 120 cm³/mol. The molecule has 0 spiro atoms. The number of esters is 2. The van der Waals surface area contributed by atoms with Gasteiger partial charge >= 0.3 is 11.9 Å². The minimum atomic E-state index is -2.85. The summed E-state index contributed by atoms with van der Waals surface area (Å²) < 4.78 is 22.1. The van der Waals surface area contributed by atoms with Crippen molar-refractivity contribution in [3.63, 3.8) is 0 Å². The molecular weight excluding hydrogens is 407 g/mol. The Balaban J connectivity index is 3.03. The third-order valence-corrected chi connectivity index (χ3v) is 7.39. The second-order valence-electron chi connectivity index (χ2n) is 8.22. The highest BCUT2D eigenvalue weighted by Gasteiger charge is 2.41. The third-order valence-electron chi connectivity index (χ3n) is 5.57. The Kier molecular flexibility index (Phi) is 10.6. The van der Waals surface area contributed by atoms with E-state index >= 15 is 0 Å². The molecule has 0 amide bonds. The van der Waals surface area contributed by atoms with E-state index in [1.54, 1.807) is 0 Å². The number of methoxy groups -OCH3 is 2. The van der Waals surface area contributed by atoms with Crippen LogP contribution in [0.4, 0.5) is 0 Å². The molecule has 1 heterocycles. The van der Waals surface area contributed by atoms with E-state index in [4.69, 9.17) is 13.8 Å². The van der Waals surface area contributed by atoms with Crippen LogP contribution in [0.15, 0.2) is 12.3 Å².